The molecule has 1 heterocycles. The first-order valence-corrected chi connectivity index (χ1v) is 7.28. The number of pyridine rings is 1. The van der Waals surface area contributed by atoms with E-state index in [-0.39, 0.29) is 5.69 Å². The van der Waals surface area contributed by atoms with E-state index in [1.165, 1.54) is 0 Å². The van der Waals surface area contributed by atoms with Crippen molar-refractivity contribution in [3.05, 3.63) is 57.8 Å². The highest BCUT2D eigenvalue weighted by atomic mass is 16.6. The van der Waals surface area contributed by atoms with Gasteiger partial charge >= 0.3 is 5.69 Å². The number of aryl methyl sites for hydroxylation is 1. The largest absolute Gasteiger partial charge is 0.385 e. The van der Waals surface area contributed by atoms with E-state index < -0.39 is 4.92 Å². The Kier molecular flexibility index (Phi) is 5.30. The lowest BCUT2D eigenvalue weighted by Crippen LogP contribution is -2.06. The van der Waals surface area contributed by atoms with Gasteiger partial charge in [0, 0.05) is 30.5 Å². The van der Waals surface area contributed by atoms with E-state index in [0.29, 0.717) is 17.9 Å². The molecule has 0 aliphatic carbocycles. The minimum Gasteiger partial charge on any atom is -0.385 e. The molecular formula is C16H20N4O2. The van der Waals surface area contributed by atoms with Crippen LogP contribution in [-0.2, 0) is 6.54 Å². The zero-order valence-electron chi connectivity index (χ0n) is 12.8. The molecule has 0 atom stereocenters. The van der Waals surface area contributed by atoms with Crippen molar-refractivity contribution in [2.45, 2.75) is 26.8 Å². The van der Waals surface area contributed by atoms with Crippen LogP contribution in [-0.4, -0.2) is 16.5 Å². The van der Waals surface area contributed by atoms with E-state index in [2.05, 4.69) is 22.5 Å². The molecule has 1 aromatic heterocycles. The number of anilines is 2. The van der Waals surface area contributed by atoms with E-state index >= 15 is 0 Å². The van der Waals surface area contributed by atoms with Crippen LogP contribution in [0.15, 0.2) is 36.5 Å². The second kappa shape index (κ2) is 7.40. The quantitative estimate of drug-likeness (QED) is 0.601. The number of rotatable bonds is 7. The number of hydrogen-bond donors (Lipinski definition) is 2. The first kappa shape index (κ1) is 15.8. The van der Waals surface area contributed by atoms with Crippen LogP contribution in [0.25, 0.3) is 0 Å². The van der Waals surface area contributed by atoms with Crippen molar-refractivity contribution in [2.75, 3.05) is 17.2 Å². The molecule has 0 radical (unpaired) electrons. The van der Waals surface area contributed by atoms with E-state index in [0.717, 1.165) is 24.2 Å². The van der Waals surface area contributed by atoms with Gasteiger partial charge in [-0.15, -0.1) is 0 Å². The standard InChI is InChI=1S/C16H20N4O2/c1-3-9-17-14-6-4-13(5-7-14)11-19-16-15(20(21)22)12(2)8-10-18-16/h4-8,10,17H,3,9,11H2,1-2H3,(H,18,19). The Morgan fingerprint density at radius 2 is 1.91 bits per heavy atom. The maximum absolute atomic E-state index is 11.1. The molecule has 1 aromatic carbocycles. The van der Waals surface area contributed by atoms with Crippen molar-refractivity contribution in [1.82, 2.24) is 4.98 Å². The fourth-order valence-electron chi connectivity index (χ4n) is 2.11. The number of nitrogens with zero attached hydrogens (tertiary/aromatic N) is 2. The smallest absolute Gasteiger partial charge is 0.314 e. The third kappa shape index (κ3) is 3.94. The molecule has 0 bridgehead atoms. The SMILES string of the molecule is CCCNc1ccc(CNc2nccc(C)c2[N+](=O)[O-])cc1. The Balaban J connectivity index is 2.04. The molecule has 0 amide bonds. The summed E-state index contributed by atoms with van der Waals surface area (Å²) in [6, 6.07) is 9.63. The molecule has 2 N–H and O–H groups in total. The third-order valence-electron chi connectivity index (χ3n) is 3.30. The summed E-state index contributed by atoms with van der Waals surface area (Å²) < 4.78 is 0. The summed E-state index contributed by atoms with van der Waals surface area (Å²) in [6.07, 6.45) is 2.65. The number of hydrogen-bond acceptors (Lipinski definition) is 5. The molecule has 0 aliphatic rings. The number of aromatic nitrogens is 1. The van der Waals surface area contributed by atoms with Gasteiger partial charge in [0.25, 0.3) is 0 Å². The molecule has 6 nitrogen and oxygen atoms in total. The Labute approximate surface area is 129 Å². The zero-order valence-corrected chi connectivity index (χ0v) is 12.8. The summed E-state index contributed by atoms with van der Waals surface area (Å²) in [7, 11) is 0. The molecule has 22 heavy (non-hydrogen) atoms. The molecule has 0 unspecified atom stereocenters. The van der Waals surface area contributed by atoms with Gasteiger partial charge in [0.05, 0.1) is 4.92 Å². The molecule has 0 aliphatic heterocycles. The molecule has 2 rings (SSSR count). The van der Waals surface area contributed by atoms with Crippen molar-refractivity contribution in [3.63, 3.8) is 0 Å². The predicted molar refractivity (Wildman–Crippen MR) is 88.2 cm³/mol. The van der Waals surface area contributed by atoms with E-state index in [1.807, 2.05) is 24.3 Å². The van der Waals surface area contributed by atoms with Crippen LogP contribution in [0.5, 0.6) is 0 Å². The summed E-state index contributed by atoms with van der Waals surface area (Å²) >= 11 is 0. The fourth-order valence-corrected chi connectivity index (χ4v) is 2.11. The maximum Gasteiger partial charge on any atom is 0.314 e. The van der Waals surface area contributed by atoms with Gasteiger partial charge in [0.1, 0.15) is 0 Å². The highest BCUT2D eigenvalue weighted by Crippen LogP contribution is 2.25. The number of nitro groups is 1. The van der Waals surface area contributed by atoms with Gasteiger partial charge in [-0.25, -0.2) is 4.98 Å². The number of benzene rings is 1. The van der Waals surface area contributed by atoms with Crippen LogP contribution in [0.3, 0.4) is 0 Å². The molecule has 6 heteroatoms. The zero-order chi connectivity index (χ0) is 15.9. The van der Waals surface area contributed by atoms with Crippen LogP contribution >= 0.6 is 0 Å². The van der Waals surface area contributed by atoms with Crippen LogP contribution in [0.2, 0.25) is 0 Å². The normalized spacial score (nSPS) is 10.3. The minimum atomic E-state index is -0.400. The first-order chi connectivity index (χ1) is 10.6. The van der Waals surface area contributed by atoms with Gasteiger partial charge in [-0.2, -0.15) is 0 Å². The lowest BCUT2D eigenvalue weighted by Gasteiger charge is -2.09. The van der Waals surface area contributed by atoms with Crippen LogP contribution in [0.1, 0.15) is 24.5 Å². The lowest BCUT2D eigenvalue weighted by molar-refractivity contribution is -0.384. The first-order valence-electron chi connectivity index (χ1n) is 7.28. The Bertz CT molecular complexity index is 641. The molecule has 116 valence electrons. The summed E-state index contributed by atoms with van der Waals surface area (Å²) in [5.74, 6) is 0.304. The lowest BCUT2D eigenvalue weighted by atomic mass is 10.2. The van der Waals surface area contributed by atoms with E-state index in [9.17, 15) is 10.1 Å². The molecule has 2 aromatic rings. The van der Waals surface area contributed by atoms with Crippen molar-refractivity contribution >= 4 is 17.2 Å². The van der Waals surface area contributed by atoms with Gasteiger partial charge in [-0.1, -0.05) is 19.1 Å². The Morgan fingerprint density at radius 3 is 2.55 bits per heavy atom. The predicted octanol–water partition coefficient (Wildman–Crippen LogP) is 3.73. The van der Waals surface area contributed by atoms with Gasteiger partial charge < -0.3 is 10.6 Å². The molecule has 0 saturated heterocycles. The summed E-state index contributed by atoms with van der Waals surface area (Å²) in [5, 5.41) is 17.5. The van der Waals surface area contributed by atoms with Gasteiger partial charge in [-0.05, 0) is 37.1 Å². The van der Waals surface area contributed by atoms with Crippen molar-refractivity contribution < 1.29 is 4.92 Å². The van der Waals surface area contributed by atoms with Crippen molar-refractivity contribution in [3.8, 4) is 0 Å². The average Bonchev–Trinajstić information content (AvgIpc) is 2.51. The third-order valence-corrected chi connectivity index (χ3v) is 3.30. The Morgan fingerprint density at radius 1 is 1.18 bits per heavy atom. The van der Waals surface area contributed by atoms with Gasteiger partial charge in [0.15, 0.2) is 0 Å². The van der Waals surface area contributed by atoms with Crippen LogP contribution < -0.4 is 10.6 Å². The second-order valence-corrected chi connectivity index (χ2v) is 5.06. The van der Waals surface area contributed by atoms with Gasteiger partial charge in [-0.3, -0.25) is 10.1 Å². The summed E-state index contributed by atoms with van der Waals surface area (Å²) in [5.41, 5.74) is 2.75. The van der Waals surface area contributed by atoms with E-state index in [1.54, 1.807) is 19.2 Å². The highest BCUT2D eigenvalue weighted by molar-refractivity contribution is 5.60. The van der Waals surface area contributed by atoms with Crippen molar-refractivity contribution in [2.24, 2.45) is 0 Å². The van der Waals surface area contributed by atoms with Gasteiger partial charge in [0.2, 0.25) is 5.82 Å². The van der Waals surface area contributed by atoms with Crippen molar-refractivity contribution in [1.29, 1.82) is 0 Å². The average molecular weight is 300 g/mol. The molecular weight excluding hydrogens is 280 g/mol. The molecule has 0 spiro atoms. The summed E-state index contributed by atoms with van der Waals surface area (Å²) in [4.78, 5) is 14.8. The van der Waals surface area contributed by atoms with Crippen LogP contribution in [0.4, 0.5) is 17.2 Å². The molecule has 0 fully saturated rings. The Hall–Kier alpha value is -2.63. The summed E-state index contributed by atoms with van der Waals surface area (Å²) in [6.45, 7) is 5.26. The number of nitrogens with one attached hydrogen (secondary N) is 2. The van der Waals surface area contributed by atoms with E-state index in [4.69, 9.17) is 0 Å². The highest BCUT2D eigenvalue weighted by Gasteiger charge is 2.17. The van der Waals surface area contributed by atoms with Crippen LogP contribution in [0, 0.1) is 17.0 Å². The topological polar surface area (TPSA) is 80.1 Å². The molecule has 0 saturated carbocycles. The maximum atomic E-state index is 11.1. The monoisotopic (exact) mass is 300 g/mol. The second-order valence-electron chi connectivity index (χ2n) is 5.06. The minimum absolute atomic E-state index is 0.0312. The fraction of sp³-hybridized carbons (Fsp3) is 0.312.